The van der Waals surface area contributed by atoms with Gasteiger partial charge in [-0.3, -0.25) is 9.69 Å². The number of fused-ring (bicyclic) bond motifs is 2. The maximum absolute atomic E-state index is 12.9. The third kappa shape index (κ3) is 3.53. The molecular formula is C23H21BrN2O4. The van der Waals surface area contributed by atoms with Crippen molar-refractivity contribution < 1.29 is 24.0 Å². The van der Waals surface area contributed by atoms with E-state index in [4.69, 9.17) is 9.15 Å². The molecule has 0 radical (unpaired) electrons. The van der Waals surface area contributed by atoms with Crippen molar-refractivity contribution in [3.8, 4) is 11.5 Å². The number of quaternary nitrogens is 1. The average Bonchev–Trinajstić information content (AvgIpc) is 3.26. The minimum absolute atomic E-state index is 0.0807. The highest BCUT2D eigenvalue weighted by molar-refractivity contribution is 9.10. The quantitative estimate of drug-likeness (QED) is 0.596. The molecule has 5 rings (SSSR count). The van der Waals surface area contributed by atoms with Crippen LogP contribution in [0.15, 0.2) is 51.0 Å². The van der Waals surface area contributed by atoms with Crippen molar-refractivity contribution in [2.75, 3.05) is 33.2 Å². The standard InChI is InChI=1S/C23H21BrN2O4/c1-25-6-8-26(9-7-25)13-18-19(27)4-3-17-22(28)21(30-23(17)18)12-16-11-14-10-15(24)2-5-20(14)29-16/h2-5,10-12,27H,6-9,13H2,1H3. The first-order valence-corrected chi connectivity index (χ1v) is 10.8. The summed E-state index contributed by atoms with van der Waals surface area (Å²) in [6.07, 6.45) is 1.60. The maximum Gasteiger partial charge on any atom is 0.232 e. The van der Waals surface area contributed by atoms with Gasteiger partial charge in [0.15, 0.2) is 5.76 Å². The zero-order chi connectivity index (χ0) is 20.8. The smallest absolute Gasteiger partial charge is 0.232 e. The number of furan rings is 1. The number of nitrogens with zero attached hydrogens (tertiary/aromatic N) is 1. The Labute approximate surface area is 182 Å². The number of ether oxygens (including phenoxy) is 1. The van der Waals surface area contributed by atoms with E-state index in [9.17, 15) is 9.90 Å². The summed E-state index contributed by atoms with van der Waals surface area (Å²) in [7, 11) is 2.10. The Morgan fingerprint density at radius 3 is 2.80 bits per heavy atom. The van der Waals surface area contributed by atoms with Gasteiger partial charge in [0, 0.05) is 34.6 Å². The SMILES string of the molecule is CN1CC[NH+](Cc2c([O-])ccc3c2OC(=Cc2cc4cc(Br)ccc4o2)C3=O)CC1. The highest BCUT2D eigenvalue weighted by Gasteiger charge is 2.31. The molecule has 3 heterocycles. The van der Waals surface area contributed by atoms with E-state index in [1.807, 2.05) is 24.3 Å². The number of rotatable bonds is 3. The summed E-state index contributed by atoms with van der Waals surface area (Å²) < 4.78 is 12.7. The number of carbonyl (C=O) groups is 1. The molecule has 30 heavy (non-hydrogen) atoms. The van der Waals surface area contributed by atoms with Crippen LogP contribution < -0.4 is 14.7 Å². The van der Waals surface area contributed by atoms with E-state index in [0.29, 0.717) is 29.2 Å². The first-order chi connectivity index (χ1) is 14.5. The highest BCUT2D eigenvalue weighted by Crippen LogP contribution is 2.38. The number of piperazine rings is 1. The zero-order valence-corrected chi connectivity index (χ0v) is 18.1. The van der Waals surface area contributed by atoms with Gasteiger partial charge in [-0.15, -0.1) is 0 Å². The number of halogens is 1. The molecule has 1 fully saturated rings. The number of carbonyl (C=O) groups excluding carboxylic acids is 1. The van der Waals surface area contributed by atoms with E-state index in [0.717, 1.165) is 41.6 Å². The molecule has 0 atom stereocenters. The molecule has 6 nitrogen and oxygen atoms in total. The van der Waals surface area contributed by atoms with E-state index < -0.39 is 0 Å². The molecule has 2 aliphatic heterocycles. The van der Waals surface area contributed by atoms with Crippen molar-refractivity contribution in [3.63, 3.8) is 0 Å². The molecule has 3 aromatic rings. The molecule has 0 saturated carbocycles. The Balaban J connectivity index is 1.45. The fourth-order valence-electron chi connectivity index (χ4n) is 4.05. The Kier molecular flexibility index (Phi) is 4.89. The van der Waals surface area contributed by atoms with Crippen molar-refractivity contribution in [3.05, 3.63) is 63.5 Å². The van der Waals surface area contributed by atoms with Gasteiger partial charge in [0.25, 0.3) is 0 Å². The predicted octanol–water partition coefficient (Wildman–Crippen LogP) is 2.22. The Hall–Kier alpha value is -2.61. The largest absolute Gasteiger partial charge is 0.872 e. The van der Waals surface area contributed by atoms with Crippen LogP contribution in [0.1, 0.15) is 21.7 Å². The minimum Gasteiger partial charge on any atom is -0.872 e. The number of nitrogens with one attached hydrogen (secondary N) is 1. The molecule has 1 aromatic heterocycles. The molecule has 2 aliphatic rings. The van der Waals surface area contributed by atoms with Crippen molar-refractivity contribution in [2.24, 2.45) is 0 Å². The number of hydrogen-bond acceptors (Lipinski definition) is 5. The van der Waals surface area contributed by atoms with E-state index >= 15 is 0 Å². The van der Waals surface area contributed by atoms with Gasteiger partial charge in [-0.1, -0.05) is 27.7 Å². The van der Waals surface area contributed by atoms with Crippen LogP contribution in [0.25, 0.3) is 17.0 Å². The molecule has 1 N–H and O–H groups in total. The van der Waals surface area contributed by atoms with Crippen LogP contribution in [0.3, 0.4) is 0 Å². The van der Waals surface area contributed by atoms with Crippen molar-refractivity contribution >= 4 is 38.8 Å². The number of allylic oxidation sites excluding steroid dienone is 1. The monoisotopic (exact) mass is 468 g/mol. The van der Waals surface area contributed by atoms with Crippen molar-refractivity contribution in [1.29, 1.82) is 0 Å². The number of benzene rings is 2. The van der Waals surface area contributed by atoms with Gasteiger partial charge in [-0.25, -0.2) is 0 Å². The summed E-state index contributed by atoms with van der Waals surface area (Å²) in [5, 5.41) is 13.5. The zero-order valence-electron chi connectivity index (χ0n) is 16.5. The fraction of sp³-hybridized carbons (Fsp3) is 0.261. The number of Topliss-reactive ketones (excluding diaryl/α,β-unsaturated/α-hetero) is 1. The number of hydrogen-bond donors (Lipinski definition) is 1. The summed E-state index contributed by atoms with van der Waals surface area (Å²) >= 11 is 3.45. The van der Waals surface area contributed by atoms with Crippen LogP contribution in [0.2, 0.25) is 0 Å². The van der Waals surface area contributed by atoms with Gasteiger partial charge >= 0.3 is 0 Å². The van der Waals surface area contributed by atoms with Crippen LogP contribution in [-0.2, 0) is 6.54 Å². The second-order valence-electron chi connectivity index (χ2n) is 7.92. The van der Waals surface area contributed by atoms with Crippen LogP contribution >= 0.6 is 15.9 Å². The van der Waals surface area contributed by atoms with E-state index in [-0.39, 0.29) is 17.3 Å². The highest BCUT2D eigenvalue weighted by atomic mass is 79.9. The fourth-order valence-corrected chi connectivity index (χ4v) is 4.43. The van der Waals surface area contributed by atoms with E-state index in [1.54, 1.807) is 12.1 Å². The lowest BCUT2D eigenvalue weighted by Gasteiger charge is -2.30. The second kappa shape index (κ2) is 7.58. The number of ketones is 1. The Bertz CT molecular complexity index is 1180. The predicted molar refractivity (Wildman–Crippen MR) is 115 cm³/mol. The topological polar surface area (TPSA) is 70.2 Å². The van der Waals surface area contributed by atoms with Gasteiger partial charge in [0.2, 0.25) is 5.78 Å². The molecule has 0 unspecified atom stereocenters. The lowest BCUT2D eigenvalue weighted by atomic mass is 10.0. The van der Waals surface area contributed by atoms with Gasteiger partial charge < -0.3 is 19.2 Å². The average molecular weight is 469 g/mol. The van der Waals surface area contributed by atoms with Crippen LogP contribution in [0, 0.1) is 0 Å². The summed E-state index contributed by atoms with van der Waals surface area (Å²) in [6.45, 7) is 4.47. The van der Waals surface area contributed by atoms with E-state index in [1.165, 1.54) is 11.0 Å². The van der Waals surface area contributed by atoms with E-state index in [2.05, 4.69) is 27.9 Å². The molecule has 154 valence electrons. The lowest BCUT2D eigenvalue weighted by Crippen LogP contribution is -3.13. The van der Waals surface area contributed by atoms with Crippen molar-refractivity contribution in [2.45, 2.75) is 6.54 Å². The molecule has 0 amide bonds. The molecule has 0 aliphatic carbocycles. The van der Waals surface area contributed by atoms with Gasteiger partial charge in [0.1, 0.15) is 23.6 Å². The first-order valence-electron chi connectivity index (χ1n) is 9.96. The van der Waals surface area contributed by atoms with Crippen LogP contribution in [0.5, 0.6) is 11.5 Å². The number of likely N-dealkylation sites (N-methyl/N-ethyl adjacent to an activating group) is 1. The third-order valence-electron chi connectivity index (χ3n) is 5.79. The molecule has 1 saturated heterocycles. The first kappa shape index (κ1) is 19.4. The molecule has 0 bridgehead atoms. The molecule has 2 aromatic carbocycles. The third-order valence-corrected chi connectivity index (χ3v) is 6.28. The lowest BCUT2D eigenvalue weighted by molar-refractivity contribution is -0.918. The second-order valence-corrected chi connectivity index (χ2v) is 8.84. The summed E-state index contributed by atoms with van der Waals surface area (Å²) in [6, 6.07) is 10.6. The van der Waals surface area contributed by atoms with Crippen molar-refractivity contribution in [1.82, 2.24) is 4.90 Å². The van der Waals surface area contributed by atoms with Crippen LogP contribution in [-0.4, -0.2) is 43.9 Å². The molecular weight excluding hydrogens is 448 g/mol. The summed E-state index contributed by atoms with van der Waals surface area (Å²) in [5.41, 5.74) is 1.76. The summed E-state index contributed by atoms with van der Waals surface area (Å²) in [5.74, 6) is 0.823. The molecule has 7 heteroatoms. The molecule has 0 spiro atoms. The normalized spacial score (nSPS) is 18.9. The van der Waals surface area contributed by atoms with Gasteiger partial charge in [-0.2, -0.15) is 0 Å². The Morgan fingerprint density at radius 1 is 1.20 bits per heavy atom. The maximum atomic E-state index is 12.9. The Morgan fingerprint density at radius 2 is 2.00 bits per heavy atom. The van der Waals surface area contributed by atoms with Gasteiger partial charge in [0.05, 0.1) is 18.7 Å². The van der Waals surface area contributed by atoms with Crippen LogP contribution in [0.4, 0.5) is 0 Å². The van der Waals surface area contributed by atoms with Gasteiger partial charge in [-0.05, 0) is 37.4 Å². The summed E-state index contributed by atoms with van der Waals surface area (Å²) in [4.78, 5) is 16.5. The minimum atomic E-state index is -0.221.